The number of halogens is 1. The fourth-order valence-electron chi connectivity index (χ4n) is 2.48. The van der Waals surface area contributed by atoms with Crippen molar-refractivity contribution in [2.24, 2.45) is 5.92 Å². The molecule has 3 atom stereocenters. The van der Waals surface area contributed by atoms with Crippen molar-refractivity contribution in [1.29, 1.82) is 0 Å². The molecule has 0 spiro atoms. The minimum atomic E-state index is 0.586. The Morgan fingerprint density at radius 2 is 2.00 bits per heavy atom. The highest BCUT2D eigenvalue weighted by molar-refractivity contribution is 8.00. The third kappa shape index (κ3) is 1.72. The van der Waals surface area contributed by atoms with E-state index in [4.69, 9.17) is 11.6 Å². The predicted molar refractivity (Wildman–Crippen MR) is 67.4 cm³/mol. The maximum atomic E-state index is 6.26. The molecule has 1 saturated heterocycles. The van der Waals surface area contributed by atoms with E-state index in [9.17, 15) is 0 Å². The fraction of sp³-hybridized carbons (Fsp3) is 0.385. The summed E-state index contributed by atoms with van der Waals surface area (Å²) < 4.78 is 0. The molecule has 1 fully saturated rings. The van der Waals surface area contributed by atoms with Gasteiger partial charge in [0.15, 0.2) is 0 Å². The molecule has 2 heterocycles. The number of hydrogen-bond donors (Lipinski definition) is 0. The molecule has 1 aliphatic carbocycles. The van der Waals surface area contributed by atoms with Crippen LogP contribution in [0.15, 0.2) is 36.4 Å². The van der Waals surface area contributed by atoms with Crippen molar-refractivity contribution in [3.8, 4) is 0 Å². The Morgan fingerprint density at radius 1 is 1.13 bits per heavy atom. The number of benzene rings is 1. The van der Waals surface area contributed by atoms with Crippen LogP contribution in [0, 0.1) is 5.92 Å². The molecule has 0 amide bonds. The van der Waals surface area contributed by atoms with Crippen LogP contribution in [0.1, 0.15) is 23.7 Å². The largest absolute Gasteiger partial charge is 0.146 e. The number of allylic oxidation sites excluding steroid dienone is 1. The van der Waals surface area contributed by atoms with Crippen LogP contribution in [0.4, 0.5) is 0 Å². The van der Waals surface area contributed by atoms with Crippen LogP contribution in [0.3, 0.4) is 0 Å². The van der Waals surface area contributed by atoms with E-state index in [0.29, 0.717) is 11.2 Å². The van der Waals surface area contributed by atoms with E-state index in [1.165, 1.54) is 18.4 Å². The van der Waals surface area contributed by atoms with Crippen molar-refractivity contribution < 1.29 is 0 Å². The second kappa shape index (κ2) is 3.88. The zero-order valence-electron chi connectivity index (χ0n) is 8.40. The maximum Gasteiger partial charge on any atom is 0.0449 e. The average molecular weight is 237 g/mol. The molecule has 1 aromatic carbocycles. The molecule has 2 aliphatic heterocycles. The zero-order chi connectivity index (χ0) is 10.3. The average Bonchev–Trinajstić information content (AvgIpc) is 2.31. The molecule has 0 nitrogen and oxygen atoms in total. The molecule has 3 aliphatic rings. The predicted octanol–water partition coefficient (Wildman–Crippen LogP) is 4.46. The zero-order valence-corrected chi connectivity index (χ0v) is 9.97. The summed E-state index contributed by atoms with van der Waals surface area (Å²) in [7, 11) is 0. The van der Waals surface area contributed by atoms with Crippen molar-refractivity contribution in [1.82, 2.24) is 0 Å². The van der Waals surface area contributed by atoms with Crippen molar-refractivity contribution >= 4 is 23.4 Å². The van der Waals surface area contributed by atoms with Crippen molar-refractivity contribution in [2.45, 2.75) is 23.3 Å². The molecular weight excluding hydrogens is 224 g/mol. The summed E-state index contributed by atoms with van der Waals surface area (Å²) in [5, 5.41) is 2.23. The van der Waals surface area contributed by atoms with E-state index < -0.39 is 0 Å². The molecule has 2 bridgehead atoms. The normalized spacial score (nSPS) is 33.3. The maximum absolute atomic E-state index is 6.26. The van der Waals surface area contributed by atoms with Gasteiger partial charge in [0.25, 0.3) is 0 Å². The summed E-state index contributed by atoms with van der Waals surface area (Å²) in [5.41, 5.74) is 1.32. The summed E-state index contributed by atoms with van der Waals surface area (Å²) in [6.07, 6.45) is 7.42. The fourth-order valence-corrected chi connectivity index (χ4v) is 4.41. The van der Waals surface area contributed by atoms with E-state index in [1.54, 1.807) is 0 Å². The molecule has 0 aromatic heterocycles. The third-order valence-corrected chi connectivity index (χ3v) is 5.26. The van der Waals surface area contributed by atoms with Gasteiger partial charge < -0.3 is 0 Å². The number of hydrogen-bond acceptors (Lipinski definition) is 1. The van der Waals surface area contributed by atoms with Gasteiger partial charge in [-0.25, -0.2) is 0 Å². The molecule has 15 heavy (non-hydrogen) atoms. The van der Waals surface area contributed by atoms with Crippen LogP contribution in [0.25, 0.3) is 0 Å². The second-order valence-corrected chi connectivity index (χ2v) is 6.04. The summed E-state index contributed by atoms with van der Waals surface area (Å²) in [6.45, 7) is 0. The van der Waals surface area contributed by atoms with Crippen molar-refractivity contribution in [2.75, 3.05) is 0 Å². The van der Waals surface area contributed by atoms with Crippen LogP contribution < -0.4 is 0 Å². The molecule has 0 radical (unpaired) electrons. The first-order chi connectivity index (χ1) is 7.34. The lowest BCUT2D eigenvalue weighted by molar-refractivity contribution is 0.509. The number of fused-ring (bicyclic) bond motifs is 2. The molecule has 1 aromatic rings. The number of thioether (sulfide) groups is 1. The van der Waals surface area contributed by atoms with Crippen LogP contribution >= 0.6 is 23.4 Å². The molecule has 78 valence electrons. The first kappa shape index (κ1) is 9.80. The van der Waals surface area contributed by atoms with Gasteiger partial charge in [-0.1, -0.05) is 42.0 Å². The Kier molecular flexibility index (Phi) is 2.53. The van der Waals surface area contributed by atoms with E-state index >= 15 is 0 Å². The van der Waals surface area contributed by atoms with Gasteiger partial charge >= 0.3 is 0 Å². The number of rotatable bonds is 1. The van der Waals surface area contributed by atoms with Crippen LogP contribution in [-0.4, -0.2) is 5.25 Å². The smallest absolute Gasteiger partial charge is 0.0449 e. The minimum absolute atomic E-state index is 0.586. The van der Waals surface area contributed by atoms with Gasteiger partial charge in [0.05, 0.1) is 0 Å². The van der Waals surface area contributed by atoms with E-state index in [0.717, 1.165) is 10.3 Å². The van der Waals surface area contributed by atoms with Gasteiger partial charge in [-0.3, -0.25) is 0 Å². The minimum Gasteiger partial charge on any atom is -0.146 e. The quantitative estimate of drug-likeness (QED) is 0.649. The van der Waals surface area contributed by atoms with Gasteiger partial charge in [0, 0.05) is 15.5 Å². The molecule has 0 saturated carbocycles. The Morgan fingerprint density at radius 3 is 2.60 bits per heavy atom. The molecule has 3 unspecified atom stereocenters. The Bertz CT molecular complexity index is 399. The highest BCUT2D eigenvalue weighted by atomic mass is 35.5. The van der Waals surface area contributed by atoms with Crippen molar-refractivity contribution in [3.63, 3.8) is 0 Å². The molecular formula is C13H13ClS. The Balaban J connectivity index is 1.96. The summed E-state index contributed by atoms with van der Waals surface area (Å²) in [4.78, 5) is 0. The van der Waals surface area contributed by atoms with E-state index in [1.807, 2.05) is 12.1 Å². The van der Waals surface area contributed by atoms with Crippen LogP contribution in [0.5, 0.6) is 0 Å². The van der Waals surface area contributed by atoms with Crippen molar-refractivity contribution in [3.05, 3.63) is 47.0 Å². The Hall–Kier alpha value is -0.400. The van der Waals surface area contributed by atoms with Gasteiger partial charge in [0.1, 0.15) is 0 Å². The molecule has 4 rings (SSSR count). The van der Waals surface area contributed by atoms with Crippen LogP contribution in [0.2, 0.25) is 5.02 Å². The lowest BCUT2D eigenvalue weighted by atomic mass is 9.88. The first-order valence-corrected chi connectivity index (χ1v) is 6.75. The SMILES string of the molecule is Clc1ccccc1C1SC2C=CC1CC2. The lowest BCUT2D eigenvalue weighted by Gasteiger charge is -2.38. The third-order valence-electron chi connectivity index (χ3n) is 3.28. The second-order valence-electron chi connectivity index (χ2n) is 4.24. The van der Waals surface area contributed by atoms with E-state index in [-0.39, 0.29) is 0 Å². The van der Waals surface area contributed by atoms with Gasteiger partial charge in [0.2, 0.25) is 0 Å². The molecule has 2 heteroatoms. The highest BCUT2D eigenvalue weighted by Gasteiger charge is 2.34. The lowest BCUT2D eigenvalue weighted by Crippen LogP contribution is -2.24. The Labute approximate surface area is 99.7 Å². The monoisotopic (exact) mass is 236 g/mol. The highest BCUT2D eigenvalue weighted by Crippen LogP contribution is 2.51. The topological polar surface area (TPSA) is 0 Å². The first-order valence-electron chi connectivity index (χ1n) is 5.43. The summed E-state index contributed by atoms with van der Waals surface area (Å²) in [6, 6.07) is 8.28. The van der Waals surface area contributed by atoms with Gasteiger partial charge in [-0.15, -0.1) is 11.8 Å². The van der Waals surface area contributed by atoms with Gasteiger partial charge in [-0.05, 0) is 30.4 Å². The van der Waals surface area contributed by atoms with Gasteiger partial charge in [-0.2, -0.15) is 0 Å². The van der Waals surface area contributed by atoms with Crippen LogP contribution in [-0.2, 0) is 0 Å². The summed E-state index contributed by atoms with van der Waals surface area (Å²) in [5.74, 6) is 0.694. The summed E-state index contributed by atoms with van der Waals surface area (Å²) >= 11 is 8.33. The standard InChI is InChI=1S/C13H13ClS/c14-12-4-2-1-3-11(12)13-9-5-7-10(15-13)8-6-9/h1-5,7,9-10,13H,6,8H2. The molecule has 0 N–H and O–H groups in total. The van der Waals surface area contributed by atoms with E-state index in [2.05, 4.69) is 36.0 Å².